The van der Waals surface area contributed by atoms with Gasteiger partial charge in [-0.1, -0.05) is 42.0 Å². The molecule has 0 saturated heterocycles. The third kappa shape index (κ3) is 5.60. The van der Waals surface area contributed by atoms with E-state index in [0.29, 0.717) is 6.42 Å². The van der Waals surface area contributed by atoms with E-state index < -0.39 is 10.8 Å². The highest BCUT2D eigenvalue weighted by Gasteiger charge is 2.10. The van der Waals surface area contributed by atoms with Crippen molar-refractivity contribution in [3.05, 3.63) is 65.2 Å². The maximum Gasteiger partial charge on any atom is 0.220 e. The number of hydrogen-bond donors (Lipinski definition) is 1. The van der Waals surface area contributed by atoms with Crippen LogP contribution in [0.25, 0.3) is 0 Å². The molecular weight excluding hydrogens is 318 g/mol. The van der Waals surface area contributed by atoms with Crippen molar-refractivity contribution in [2.45, 2.75) is 44.0 Å². The van der Waals surface area contributed by atoms with Crippen LogP contribution in [0.1, 0.15) is 42.5 Å². The summed E-state index contributed by atoms with van der Waals surface area (Å²) in [5, 5.41) is 3.03. The van der Waals surface area contributed by atoms with Gasteiger partial charge in [-0.2, -0.15) is 0 Å². The molecule has 24 heavy (non-hydrogen) atoms. The standard InChI is InChI=1S/C20H25NO2S/c1-15-7-9-17(10-8-15)5-4-6-20(22)21-16(2)18-11-13-19(14-12-18)24(3)23/h7-14,16H,4-6H2,1-3H3,(H,21,22)/t16-,24-/m1/s1. The third-order valence-corrected chi connectivity index (χ3v) is 5.02. The van der Waals surface area contributed by atoms with Gasteiger partial charge in [0.05, 0.1) is 6.04 Å². The highest BCUT2D eigenvalue weighted by Crippen LogP contribution is 2.15. The van der Waals surface area contributed by atoms with E-state index in [9.17, 15) is 9.00 Å². The van der Waals surface area contributed by atoms with Crippen molar-refractivity contribution in [1.29, 1.82) is 0 Å². The van der Waals surface area contributed by atoms with Gasteiger partial charge < -0.3 is 5.32 Å². The minimum absolute atomic E-state index is 0.0452. The van der Waals surface area contributed by atoms with Crippen LogP contribution in [-0.4, -0.2) is 16.4 Å². The molecule has 0 radical (unpaired) electrons. The minimum Gasteiger partial charge on any atom is -0.350 e. The fourth-order valence-electron chi connectivity index (χ4n) is 2.55. The van der Waals surface area contributed by atoms with Crippen LogP contribution in [-0.2, 0) is 22.0 Å². The van der Waals surface area contributed by atoms with Crippen molar-refractivity contribution < 1.29 is 9.00 Å². The van der Waals surface area contributed by atoms with Crippen LogP contribution in [0.15, 0.2) is 53.4 Å². The Morgan fingerprint density at radius 2 is 1.71 bits per heavy atom. The van der Waals surface area contributed by atoms with Crippen LogP contribution in [0.2, 0.25) is 0 Å². The molecule has 2 rings (SSSR count). The van der Waals surface area contributed by atoms with Crippen LogP contribution in [0.5, 0.6) is 0 Å². The van der Waals surface area contributed by atoms with E-state index in [0.717, 1.165) is 23.3 Å². The summed E-state index contributed by atoms with van der Waals surface area (Å²) in [6, 6.07) is 16.0. The van der Waals surface area contributed by atoms with Gasteiger partial charge in [0.2, 0.25) is 5.91 Å². The first-order chi connectivity index (χ1) is 11.5. The molecule has 0 unspecified atom stereocenters. The summed E-state index contributed by atoms with van der Waals surface area (Å²) in [6.07, 6.45) is 3.94. The van der Waals surface area contributed by atoms with E-state index in [-0.39, 0.29) is 11.9 Å². The minimum atomic E-state index is -0.973. The molecule has 0 aliphatic rings. The predicted octanol–water partition coefficient (Wildman–Crippen LogP) is 3.93. The van der Waals surface area contributed by atoms with Gasteiger partial charge >= 0.3 is 0 Å². The van der Waals surface area contributed by atoms with Gasteiger partial charge in [-0.3, -0.25) is 9.00 Å². The van der Waals surface area contributed by atoms with Crippen LogP contribution < -0.4 is 5.32 Å². The normalized spacial score (nSPS) is 13.3. The molecule has 0 heterocycles. The average molecular weight is 343 g/mol. The Kier molecular flexibility index (Phi) is 6.73. The van der Waals surface area contributed by atoms with Crippen LogP contribution >= 0.6 is 0 Å². The Bertz CT molecular complexity index is 693. The number of carbonyl (C=O) groups excluding carboxylic acids is 1. The second-order valence-electron chi connectivity index (χ2n) is 6.15. The van der Waals surface area contributed by atoms with E-state index >= 15 is 0 Å². The Labute approximate surface area is 146 Å². The number of hydrogen-bond acceptors (Lipinski definition) is 2. The second kappa shape index (κ2) is 8.78. The molecule has 3 nitrogen and oxygen atoms in total. The van der Waals surface area contributed by atoms with Gasteiger partial charge in [-0.05, 0) is 49.9 Å². The summed E-state index contributed by atoms with van der Waals surface area (Å²) >= 11 is 0. The maximum absolute atomic E-state index is 12.1. The largest absolute Gasteiger partial charge is 0.350 e. The monoisotopic (exact) mass is 343 g/mol. The lowest BCUT2D eigenvalue weighted by Crippen LogP contribution is -2.26. The molecule has 2 aromatic rings. The quantitative estimate of drug-likeness (QED) is 0.828. The molecule has 0 aliphatic carbocycles. The molecule has 0 fully saturated rings. The van der Waals surface area contributed by atoms with Crippen molar-refractivity contribution in [1.82, 2.24) is 5.32 Å². The fraction of sp³-hybridized carbons (Fsp3) is 0.350. The first kappa shape index (κ1) is 18.4. The topological polar surface area (TPSA) is 46.2 Å². The maximum atomic E-state index is 12.1. The van der Waals surface area contributed by atoms with Crippen molar-refractivity contribution in [2.75, 3.05) is 6.26 Å². The van der Waals surface area contributed by atoms with Gasteiger partial charge in [0.25, 0.3) is 0 Å². The predicted molar refractivity (Wildman–Crippen MR) is 99.4 cm³/mol. The van der Waals surface area contributed by atoms with Crippen molar-refractivity contribution in [2.24, 2.45) is 0 Å². The van der Waals surface area contributed by atoms with Crippen molar-refractivity contribution >= 4 is 16.7 Å². The van der Waals surface area contributed by atoms with Crippen LogP contribution in [0.3, 0.4) is 0 Å². The van der Waals surface area contributed by atoms with Gasteiger partial charge in [0.15, 0.2) is 0 Å². The summed E-state index contributed by atoms with van der Waals surface area (Å²) < 4.78 is 11.4. The Hall–Kier alpha value is -1.94. The number of carbonyl (C=O) groups is 1. The summed E-state index contributed by atoms with van der Waals surface area (Å²) in [5.74, 6) is 0.0674. The molecule has 1 amide bonds. The molecule has 0 spiro atoms. The highest BCUT2D eigenvalue weighted by molar-refractivity contribution is 7.84. The lowest BCUT2D eigenvalue weighted by Gasteiger charge is -2.14. The number of nitrogens with one attached hydrogen (secondary N) is 1. The van der Waals surface area contributed by atoms with Gasteiger partial charge in [-0.15, -0.1) is 0 Å². The lowest BCUT2D eigenvalue weighted by molar-refractivity contribution is -0.121. The van der Waals surface area contributed by atoms with Crippen molar-refractivity contribution in [3.63, 3.8) is 0 Å². The fourth-order valence-corrected chi connectivity index (χ4v) is 3.07. The highest BCUT2D eigenvalue weighted by atomic mass is 32.2. The Morgan fingerprint density at radius 1 is 1.08 bits per heavy atom. The van der Waals surface area contributed by atoms with Crippen LogP contribution in [0, 0.1) is 6.92 Å². The zero-order valence-electron chi connectivity index (χ0n) is 14.5. The molecule has 128 valence electrons. The van der Waals surface area contributed by atoms with E-state index in [1.807, 2.05) is 31.2 Å². The van der Waals surface area contributed by atoms with E-state index in [4.69, 9.17) is 0 Å². The molecule has 0 aliphatic heterocycles. The van der Waals surface area contributed by atoms with Gasteiger partial charge in [-0.25, -0.2) is 0 Å². The summed E-state index contributed by atoms with van der Waals surface area (Å²) in [7, 11) is -0.973. The Morgan fingerprint density at radius 3 is 2.29 bits per heavy atom. The molecule has 4 heteroatoms. The average Bonchev–Trinajstić information content (AvgIpc) is 2.56. The second-order valence-corrected chi connectivity index (χ2v) is 7.53. The van der Waals surface area contributed by atoms with Gasteiger partial charge in [0, 0.05) is 28.4 Å². The Balaban J connectivity index is 1.78. The first-order valence-corrected chi connectivity index (χ1v) is 9.80. The smallest absolute Gasteiger partial charge is 0.220 e. The molecule has 0 aromatic heterocycles. The van der Waals surface area contributed by atoms with E-state index in [1.165, 1.54) is 11.1 Å². The molecular formula is C20H25NO2S. The summed E-state index contributed by atoms with van der Waals surface area (Å²) in [5.41, 5.74) is 3.55. The third-order valence-electron chi connectivity index (χ3n) is 4.08. The first-order valence-electron chi connectivity index (χ1n) is 8.24. The number of rotatable bonds is 7. The molecule has 2 aromatic carbocycles. The van der Waals surface area contributed by atoms with Gasteiger partial charge in [0.1, 0.15) is 0 Å². The van der Waals surface area contributed by atoms with Crippen molar-refractivity contribution in [3.8, 4) is 0 Å². The number of aryl methyl sites for hydroxylation is 2. The SMILES string of the molecule is Cc1ccc(CCCC(=O)N[C@H](C)c2ccc([S@@](C)=O)cc2)cc1. The number of benzene rings is 2. The molecule has 0 saturated carbocycles. The zero-order chi connectivity index (χ0) is 17.5. The molecule has 1 N–H and O–H groups in total. The summed E-state index contributed by atoms with van der Waals surface area (Å²) in [4.78, 5) is 12.9. The summed E-state index contributed by atoms with van der Waals surface area (Å²) in [6.45, 7) is 4.04. The number of amides is 1. The van der Waals surface area contributed by atoms with Crippen LogP contribution in [0.4, 0.5) is 0 Å². The lowest BCUT2D eigenvalue weighted by atomic mass is 10.1. The molecule has 2 atom stereocenters. The molecule has 0 bridgehead atoms. The van der Waals surface area contributed by atoms with E-state index in [2.05, 4.69) is 36.5 Å². The zero-order valence-corrected chi connectivity index (χ0v) is 15.4. The van der Waals surface area contributed by atoms with E-state index in [1.54, 1.807) is 6.26 Å².